The lowest BCUT2D eigenvalue weighted by atomic mass is 9.79. The number of nitrogens with one attached hydrogen (secondary N) is 1. The highest BCUT2D eigenvalue weighted by Gasteiger charge is 2.34. The average Bonchev–Trinajstić information content (AvgIpc) is 3.12. The number of hydrogen-bond donors (Lipinski definition) is 1. The van der Waals surface area contributed by atoms with E-state index in [4.69, 9.17) is 4.98 Å². The molecule has 2 unspecified atom stereocenters. The monoisotopic (exact) mass is 381 g/mol. The number of aromatic nitrogens is 1. The topological polar surface area (TPSA) is 85.1 Å². The third kappa shape index (κ3) is 3.68. The molecule has 138 valence electrons. The maximum absolute atomic E-state index is 12.9. The van der Waals surface area contributed by atoms with Crippen molar-refractivity contribution in [1.29, 1.82) is 0 Å². The number of rotatable bonds is 4. The molecule has 1 amide bonds. The standard InChI is InChI=1S/C20H19N3O3S/c24-19(21-13-6-5-7-14(12-13)23(25)26)15-8-1-2-9-16(15)20-22-17-10-3-4-11-18(17)27-20/h3-7,10-12,15-16H,1-2,8-9H2,(H,21,24). The van der Waals surface area contributed by atoms with Gasteiger partial charge in [-0.3, -0.25) is 14.9 Å². The molecule has 1 N–H and O–H groups in total. The van der Waals surface area contributed by atoms with Crippen LogP contribution in [-0.4, -0.2) is 15.8 Å². The van der Waals surface area contributed by atoms with E-state index in [0.29, 0.717) is 5.69 Å². The first-order valence-corrected chi connectivity index (χ1v) is 9.84. The number of carbonyl (C=O) groups is 1. The van der Waals surface area contributed by atoms with Gasteiger partial charge in [0.15, 0.2) is 0 Å². The van der Waals surface area contributed by atoms with Gasteiger partial charge in [0.25, 0.3) is 5.69 Å². The number of nitro benzene ring substituents is 1. The first kappa shape index (κ1) is 17.6. The van der Waals surface area contributed by atoms with E-state index >= 15 is 0 Å². The largest absolute Gasteiger partial charge is 0.326 e. The van der Waals surface area contributed by atoms with Gasteiger partial charge in [0, 0.05) is 29.7 Å². The number of amides is 1. The number of benzene rings is 2. The first-order chi connectivity index (χ1) is 13.1. The van der Waals surface area contributed by atoms with E-state index in [1.807, 2.05) is 18.2 Å². The molecule has 1 heterocycles. The highest BCUT2D eigenvalue weighted by atomic mass is 32.1. The second-order valence-electron chi connectivity index (χ2n) is 6.81. The number of fused-ring (bicyclic) bond motifs is 1. The van der Waals surface area contributed by atoms with E-state index < -0.39 is 4.92 Å². The Morgan fingerprint density at radius 2 is 1.96 bits per heavy atom. The molecule has 0 aliphatic heterocycles. The van der Waals surface area contributed by atoms with Crippen molar-refractivity contribution < 1.29 is 9.72 Å². The van der Waals surface area contributed by atoms with Gasteiger partial charge in [-0.1, -0.05) is 31.0 Å². The molecular weight excluding hydrogens is 362 g/mol. The molecule has 1 saturated carbocycles. The van der Waals surface area contributed by atoms with Crippen molar-refractivity contribution >= 4 is 38.8 Å². The molecule has 4 rings (SSSR count). The molecular formula is C20H19N3O3S. The summed E-state index contributed by atoms with van der Waals surface area (Å²) in [5.74, 6) is -0.159. The van der Waals surface area contributed by atoms with Crippen molar-refractivity contribution in [2.24, 2.45) is 5.92 Å². The van der Waals surface area contributed by atoms with Gasteiger partial charge >= 0.3 is 0 Å². The van der Waals surface area contributed by atoms with E-state index in [0.717, 1.165) is 40.9 Å². The van der Waals surface area contributed by atoms with Crippen LogP contribution in [-0.2, 0) is 4.79 Å². The maximum Gasteiger partial charge on any atom is 0.271 e. The molecule has 1 aliphatic rings. The predicted octanol–water partition coefficient (Wildman–Crippen LogP) is 5.12. The van der Waals surface area contributed by atoms with Crippen LogP contribution in [0.15, 0.2) is 48.5 Å². The molecule has 3 aromatic rings. The summed E-state index contributed by atoms with van der Waals surface area (Å²) in [4.78, 5) is 28.2. The van der Waals surface area contributed by atoms with E-state index in [1.54, 1.807) is 23.5 Å². The lowest BCUT2D eigenvalue weighted by Crippen LogP contribution is -2.30. The number of hydrogen-bond acceptors (Lipinski definition) is 5. The Hall–Kier alpha value is -2.80. The molecule has 1 aromatic heterocycles. The number of carbonyl (C=O) groups excluding carboxylic acids is 1. The normalized spacial score (nSPS) is 19.7. The Labute approximate surface area is 160 Å². The summed E-state index contributed by atoms with van der Waals surface area (Å²) in [5.41, 5.74) is 1.41. The Balaban J connectivity index is 1.57. The van der Waals surface area contributed by atoms with Gasteiger partial charge in [-0.15, -0.1) is 11.3 Å². The summed E-state index contributed by atoms with van der Waals surface area (Å²) in [5, 5.41) is 14.8. The van der Waals surface area contributed by atoms with Gasteiger partial charge < -0.3 is 5.32 Å². The Morgan fingerprint density at radius 3 is 2.78 bits per heavy atom. The summed E-state index contributed by atoms with van der Waals surface area (Å²) in [6, 6.07) is 14.1. The van der Waals surface area contributed by atoms with Gasteiger partial charge in [-0.2, -0.15) is 0 Å². The summed E-state index contributed by atoms with van der Waals surface area (Å²) in [6.45, 7) is 0. The van der Waals surface area contributed by atoms with E-state index in [9.17, 15) is 14.9 Å². The maximum atomic E-state index is 12.9. The molecule has 1 fully saturated rings. The predicted molar refractivity (Wildman–Crippen MR) is 106 cm³/mol. The minimum Gasteiger partial charge on any atom is -0.326 e. The molecule has 0 radical (unpaired) electrons. The minimum atomic E-state index is -0.458. The van der Waals surface area contributed by atoms with Crippen LogP contribution in [0.5, 0.6) is 0 Å². The van der Waals surface area contributed by atoms with Crippen molar-refractivity contribution in [2.75, 3.05) is 5.32 Å². The Kier molecular flexibility index (Phi) is 4.85. The van der Waals surface area contributed by atoms with Crippen LogP contribution >= 0.6 is 11.3 Å². The lowest BCUT2D eigenvalue weighted by Gasteiger charge is -2.29. The van der Waals surface area contributed by atoms with E-state index in [1.165, 1.54) is 12.1 Å². The second kappa shape index (κ2) is 7.44. The van der Waals surface area contributed by atoms with Crippen molar-refractivity contribution in [3.63, 3.8) is 0 Å². The number of non-ortho nitro benzene ring substituents is 1. The Bertz CT molecular complexity index is 968. The van der Waals surface area contributed by atoms with Gasteiger partial charge in [0.2, 0.25) is 5.91 Å². The van der Waals surface area contributed by atoms with Gasteiger partial charge in [0.1, 0.15) is 0 Å². The fourth-order valence-corrected chi connectivity index (χ4v) is 4.89. The zero-order valence-corrected chi connectivity index (χ0v) is 15.4. The van der Waals surface area contributed by atoms with Crippen molar-refractivity contribution in [1.82, 2.24) is 4.98 Å². The molecule has 1 aliphatic carbocycles. The number of para-hydroxylation sites is 1. The molecule has 0 bridgehead atoms. The second-order valence-corrected chi connectivity index (χ2v) is 7.88. The number of anilines is 1. The molecule has 6 nitrogen and oxygen atoms in total. The van der Waals surface area contributed by atoms with Crippen molar-refractivity contribution in [3.05, 3.63) is 63.7 Å². The van der Waals surface area contributed by atoms with Crippen LogP contribution in [0.4, 0.5) is 11.4 Å². The summed E-state index contributed by atoms with van der Waals surface area (Å²) in [6.07, 6.45) is 3.84. The highest BCUT2D eigenvalue weighted by Crippen LogP contribution is 2.41. The number of nitro groups is 1. The van der Waals surface area contributed by atoms with Gasteiger partial charge in [-0.25, -0.2) is 4.98 Å². The van der Waals surface area contributed by atoms with Gasteiger partial charge in [0.05, 0.1) is 20.1 Å². The average molecular weight is 381 g/mol. The fraction of sp³-hybridized carbons (Fsp3) is 0.300. The summed E-state index contributed by atoms with van der Waals surface area (Å²) < 4.78 is 1.14. The summed E-state index contributed by atoms with van der Waals surface area (Å²) in [7, 11) is 0. The van der Waals surface area contributed by atoms with E-state index in [-0.39, 0.29) is 23.4 Å². The zero-order chi connectivity index (χ0) is 18.8. The SMILES string of the molecule is O=C(Nc1cccc([N+](=O)[O-])c1)C1CCCCC1c1nc2ccccc2s1. The van der Waals surface area contributed by atoms with Crippen LogP contribution in [0, 0.1) is 16.0 Å². The van der Waals surface area contributed by atoms with Crippen LogP contribution < -0.4 is 5.32 Å². The molecule has 2 atom stereocenters. The van der Waals surface area contributed by atoms with Crippen molar-refractivity contribution in [3.8, 4) is 0 Å². The number of thiazole rings is 1. The lowest BCUT2D eigenvalue weighted by molar-refractivity contribution is -0.384. The summed E-state index contributed by atoms with van der Waals surface area (Å²) >= 11 is 1.66. The van der Waals surface area contributed by atoms with Crippen LogP contribution in [0.1, 0.15) is 36.6 Å². The Morgan fingerprint density at radius 1 is 1.15 bits per heavy atom. The third-order valence-electron chi connectivity index (χ3n) is 5.05. The van der Waals surface area contributed by atoms with Crippen molar-refractivity contribution in [2.45, 2.75) is 31.6 Å². The quantitative estimate of drug-likeness (QED) is 0.502. The molecule has 2 aromatic carbocycles. The van der Waals surface area contributed by atoms with Gasteiger partial charge in [-0.05, 0) is 31.0 Å². The smallest absolute Gasteiger partial charge is 0.271 e. The van der Waals surface area contributed by atoms with Crippen LogP contribution in [0.2, 0.25) is 0 Å². The molecule has 0 saturated heterocycles. The highest BCUT2D eigenvalue weighted by molar-refractivity contribution is 7.18. The minimum absolute atomic E-state index is 0.0285. The molecule has 0 spiro atoms. The third-order valence-corrected chi connectivity index (χ3v) is 6.22. The van der Waals surface area contributed by atoms with Crippen LogP contribution in [0.3, 0.4) is 0 Å². The molecule has 27 heavy (non-hydrogen) atoms. The zero-order valence-electron chi connectivity index (χ0n) is 14.6. The van der Waals surface area contributed by atoms with Crippen LogP contribution in [0.25, 0.3) is 10.2 Å². The first-order valence-electron chi connectivity index (χ1n) is 9.02. The fourth-order valence-electron chi connectivity index (χ4n) is 3.72. The van der Waals surface area contributed by atoms with E-state index in [2.05, 4.69) is 11.4 Å². The number of nitrogens with zero attached hydrogens (tertiary/aromatic N) is 2. The molecule has 7 heteroatoms.